The number of likely N-dealkylation sites (tertiary alicyclic amines) is 1. The van der Waals surface area contributed by atoms with Crippen molar-refractivity contribution in [2.45, 2.75) is 38.3 Å². The van der Waals surface area contributed by atoms with E-state index in [9.17, 15) is 18.0 Å². The zero-order chi connectivity index (χ0) is 18.7. The summed E-state index contributed by atoms with van der Waals surface area (Å²) in [5, 5.41) is 7.83. The van der Waals surface area contributed by atoms with Crippen LogP contribution in [0.2, 0.25) is 0 Å². The lowest BCUT2D eigenvalue weighted by Gasteiger charge is -2.31. The number of rotatable bonds is 4. The maximum absolute atomic E-state index is 12.5. The van der Waals surface area contributed by atoms with Gasteiger partial charge in [-0.2, -0.15) is 18.2 Å². The molecule has 2 amide bonds. The van der Waals surface area contributed by atoms with E-state index in [1.807, 2.05) is 0 Å². The Balaban J connectivity index is 1.48. The lowest BCUT2D eigenvalue weighted by molar-refractivity contribution is -0.140. The van der Waals surface area contributed by atoms with Gasteiger partial charge < -0.3 is 14.7 Å². The zero-order valence-corrected chi connectivity index (χ0v) is 14.9. The van der Waals surface area contributed by atoms with Gasteiger partial charge in [0.1, 0.15) is 0 Å². The number of nitrogens with zero attached hydrogens (tertiary/aromatic N) is 4. The van der Waals surface area contributed by atoms with Crippen LogP contribution in [0.1, 0.15) is 41.2 Å². The van der Waals surface area contributed by atoms with Crippen molar-refractivity contribution in [2.75, 3.05) is 19.6 Å². The second-order valence-electron chi connectivity index (χ2n) is 6.07. The Bertz CT molecular complexity index is 761. The smallest absolute Gasteiger partial charge is 0.339 e. The predicted octanol–water partition coefficient (Wildman–Crippen LogP) is 2.99. The van der Waals surface area contributed by atoms with Gasteiger partial charge in [0.2, 0.25) is 5.89 Å². The Morgan fingerprint density at radius 2 is 2.27 bits per heavy atom. The van der Waals surface area contributed by atoms with Crippen LogP contribution in [0.5, 0.6) is 0 Å². The summed E-state index contributed by atoms with van der Waals surface area (Å²) in [5.74, 6) is 1.09. The third kappa shape index (κ3) is 4.51. The normalized spacial score (nSPS) is 18.2. The van der Waals surface area contributed by atoms with Crippen molar-refractivity contribution < 1.29 is 22.5 Å². The van der Waals surface area contributed by atoms with Crippen LogP contribution in [-0.4, -0.2) is 45.7 Å². The molecule has 2 aromatic rings. The van der Waals surface area contributed by atoms with Crippen molar-refractivity contribution in [3.05, 3.63) is 27.8 Å². The van der Waals surface area contributed by atoms with Gasteiger partial charge in [-0.15, -0.1) is 11.3 Å². The molecule has 1 aliphatic rings. The molecule has 1 saturated heterocycles. The molecule has 1 aliphatic heterocycles. The second-order valence-corrected chi connectivity index (χ2v) is 7.01. The van der Waals surface area contributed by atoms with Crippen LogP contribution in [0.15, 0.2) is 9.90 Å². The average Bonchev–Trinajstić information content (AvgIpc) is 3.24. The lowest BCUT2D eigenvalue weighted by atomic mass is 9.98. The van der Waals surface area contributed by atoms with Crippen molar-refractivity contribution in [3.63, 3.8) is 0 Å². The maximum Gasteiger partial charge on any atom is 0.434 e. The van der Waals surface area contributed by atoms with Gasteiger partial charge in [0.05, 0.1) is 10.9 Å². The number of nitrogens with one attached hydrogen (secondary N) is 1. The molecule has 26 heavy (non-hydrogen) atoms. The summed E-state index contributed by atoms with van der Waals surface area (Å²) in [6, 6.07) is -0.251. The lowest BCUT2D eigenvalue weighted by Crippen LogP contribution is -2.45. The van der Waals surface area contributed by atoms with Crippen molar-refractivity contribution >= 4 is 17.4 Å². The van der Waals surface area contributed by atoms with E-state index in [0.717, 1.165) is 29.6 Å². The Kier molecular flexibility index (Phi) is 5.44. The number of aryl methyl sites for hydroxylation is 1. The van der Waals surface area contributed by atoms with Gasteiger partial charge in [0, 0.05) is 31.4 Å². The topological polar surface area (TPSA) is 84.2 Å². The number of alkyl halides is 3. The number of halogens is 3. The minimum Gasteiger partial charge on any atom is -0.339 e. The van der Waals surface area contributed by atoms with Crippen LogP contribution < -0.4 is 5.32 Å². The highest BCUT2D eigenvalue weighted by molar-refractivity contribution is 7.09. The van der Waals surface area contributed by atoms with E-state index in [2.05, 4.69) is 20.4 Å². The summed E-state index contributed by atoms with van der Waals surface area (Å²) < 4.78 is 42.8. The SMILES string of the molecule is Cc1noc(C2CCCN(C(=O)NCCc3nc(C(F)(F)F)cs3)C2)n1. The summed E-state index contributed by atoms with van der Waals surface area (Å²) in [6.07, 6.45) is -2.49. The van der Waals surface area contributed by atoms with E-state index in [1.165, 1.54) is 0 Å². The minimum absolute atomic E-state index is 0.00371. The van der Waals surface area contributed by atoms with E-state index in [0.29, 0.717) is 29.8 Å². The highest BCUT2D eigenvalue weighted by Gasteiger charge is 2.33. The van der Waals surface area contributed by atoms with Crippen molar-refractivity contribution in [2.24, 2.45) is 0 Å². The molecule has 0 aromatic carbocycles. The number of amides is 2. The van der Waals surface area contributed by atoms with Gasteiger partial charge in [0.25, 0.3) is 0 Å². The fourth-order valence-corrected chi connectivity index (χ4v) is 3.59. The van der Waals surface area contributed by atoms with Crippen LogP contribution in [0.3, 0.4) is 0 Å². The Labute approximate surface area is 151 Å². The van der Waals surface area contributed by atoms with Gasteiger partial charge >= 0.3 is 12.2 Å². The van der Waals surface area contributed by atoms with Gasteiger partial charge in [-0.25, -0.2) is 9.78 Å². The van der Waals surface area contributed by atoms with Crippen LogP contribution in [-0.2, 0) is 12.6 Å². The molecular weight excluding hydrogens is 371 g/mol. The Morgan fingerprint density at radius 3 is 2.92 bits per heavy atom. The number of aromatic nitrogens is 3. The molecule has 0 radical (unpaired) electrons. The minimum atomic E-state index is -4.44. The summed E-state index contributed by atoms with van der Waals surface area (Å²) in [5.41, 5.74) is -0.891. The summed E-state index contributed by atoms with van der Waals surface area (Å²) in [7, 11) is 0. The number of urea groups is 1. The Hall–Kier alpha value is -2.17. The van der Waals surface area contributed by atoms with E-state index < -0.39 is 11.9 Å². The molecule has 3 rings (SSSR count). The molecular formula is C15H18F3N5O2S. The van der Waals surface area contributed by atoms with Crippen molar-refractivity contribution in [1.82, 2.24) is 25.3 Å². The molecule has 0 spiro atoms. The third-order valence-electron chi connectivity index (χ3n) is 4.06. The van der Waals surface area contributed by atoms with Crippen LogP contribution in [0, 0.1) is 6.92 Å². The van der Waals surface area contributed by atoms with Crippen molar-refractivity contribution in [3.8, 4) is 0 Å². The third-order valence-corrected chi connectivity index (χ3v) is 4.97. The molecule has 142 valence electrons. The molecule has 3 heterocycles. The molecule has 0 bridgehead atoms. The van der Waals surface area contributed by atoms with Gasteiger partial charge in [-0.3, -0.25) is 0 Å². The monoisotopic (exact) mass is 389 g/mol. The first-order valence-electron chi connectivity index (χ1n) is 8.17. The number of carbonyl (C=O) groups excluding carboxylic acids is 1. The molecule has 11 heteroatoms. The van der Waals surface area contributed by atoms with E-state index in [4.69, 9.17) is 4.52 Å². The van der Waals surface area contributed by atoms with Crippen LogP contribution in [0.25, 0.3) is 0 Å². The molecule has 0 aliphatic carbocycles. The largest absolute Gasteiger partial charge is 0.434 e. The number of hydrogen-bond donors (Lipinski definition) is 1. The van der Waals surface area contributed by atoms with Crippen LogP contribution >= 0.6 is 11.3 Å². The van der Waals surface area contributed by atoms with E-state index in [1.54, 1.807) is 11.8 Å². The molecule has 1 fully saturated rings. The first-order valence-corrected chi connectivity index (χ1v) is 9.05. The number of hydrogen-bond acceptors (Lipinski definition) is 6. The van der Waals surface area contributed by atoms with Crippen molar-refractivity contribution in [1.29, 1.82) is 0 Å². The highest BCUT2D eigenvalue weighted by atomic mass is 32.1. The zero-order valence-electron chi connectivity index (χ0n) is 14.0. The quantitative estimate of drug-likeness (QED) is 0.869. The van der Waals surface area contributed by atoms with Gasteiger partial charge in [-0.05, 0) is 19.8 Å². The molecule has 7 nitrogen and oxygen atoms in total. The maximum atomic E-state index is 12.5. The highest BCUT2D eigenvalue weighted by Crippen LogP contribution is 2.30. The fourth-order valence-electron chi connectivity index (χ4n) is 2.79. The summed E-state index contributed by atoms with van der Waals surface area (Å²) in [4.78, 5) is 21.7. The first-order chi connectivity index (χ1) is 12.3. The van der Waals surface area contributed by atoms with Gasteiger partial charge in [-0.1, -0.05) is 5.16 Å². The molecule has 1 N–H and O–H groups in total. The standard InChI is InChI=1S/C15H18F3N5O2S/c1-9-20-13(25-22-9)10-3-2-6-23(7-10)14(24)19-5-4-12-21-11(8-26-12)15(16,17)18/h8,10H,2-7H2,1H3,(H,19,24). The average molecular weight is 389 g/mol. The van der Waals surface area contributed by atoms with E-state index in [-0.39, 0.29) is 24.9 Å². The molecule has 1 unspecified atom stereocenters. The summed E-state index contributed by atoms with van der Waals surface area (Å²) in [6.45, 7) is 3.06. The number of thiazole rings is 1. The number of piperidine rings is 1. The summed E-state index contributed by atoms with van der Waals surface area (Å²) >= 11 is 0.940. The molecule has 0 saturated carbocycles. The predicted molar refractivity (Wildman–Crippen MR) is 86.8 cm³/mol. The molecule has 2 aromatic heterocycles. The van der Waals surface area contributed by atoms with E-state index >= 15 is 0 Å². The second kappa shape index (κ2) is 7.60. The van der Waals surface area contributed by atoms with Crippen LogP contribution in [0.4, 0.5) is 18.0 Å². The Morgan fingerprint density at radius 1 is 1.46 bits per heavy atom. The molecule has 1 atom stereocenters. The number of carbonyl (C=O) groups is 1. The van der Waals surface area contributed by atoms with Gasteiger partial charge in [0.15, 0.2) is 11.5 Å². The fraction of sp³-hybridized carbons (Fsp3) is 0.600. The first kappa shape index (κ1) is 18.6.